The zero-order valence-corrected chi connectivity index (χ0v) is 15.3. The van der Waals surface area contributed by atoms with Gasteiger partial charge in [0.15, 0.2) is 6.54 Å². The highest BCUT2D eigenvalue weighted by molar-refractivity contribution is 7.98. The number of carbonyl (C=O) groups is 1. The lowest BCUT2D eigenvalue weighted by Gasteiger charge is -2.14. The highest BCUT2D eigenvalue weighted by atomic mass is 32.2. The molecule has 3 nitrogen and oxygen atoms in total. The van der Waals surface area contributed by atoms with Crippen LogP contribution in [-0.2, 0) is 4.79 Å². The number of nitrogens with two attached hydrogens (primary N) is 1. The molecule has 3 rings (SSSR count). The molecular weight excluding hydrogens is 328 g/mol. The molecule has 0 aromatic heterocycles. The van der Waals surface area contributed by atoms with Crippen molar-refractivity contribution in [3.05, 3.63) is 72.3 Å². The first-order valence-corrected chi connectivity index (χ1v) is 9.65. The lowest BCUT2D eigenvalue weighted by atomic mass is 10.00. The predicted octanol–water partition coefficient (Wildman–Crippen LogP) is 3.82. The van der Waals surface area contributed by atoms with Gasteiger partial charge in [0.1, 0.15) is 6.04 Å². The fourth-order valence-electron chi connectivity index (χ4n) is 3.01. The maximum Gasteiger partial charge on any atom is 0.279 e. The monoisotopic (exact) mass is 351 g/mol. The summed E-state index contributed by atoms with van der Waals surface area (Å²) in [7, 11) is 0. The van der Waals surface area contributed by atoms with Crippen LogP contribution in [0.1, 0.15) is 18.5 Å². The molecule has 25 heavy (non-hydrogen) atoms. The maximum absolute atomic E-state index is 12.3. The van der Waals surface area contributed by atoms with Crippen LogP contribution in [0, 0.1) is 0 Å². The average Bonchev–Trinajstić information content (AvgIpc) is 2.66. The molecule has 1 amide bonds. The van der Waals surface area contributed by atoms with Gasteiger partial charge in [0, 0.05) is 10.5 Å². The Kier molecular flexibility index (Phi) is 5.74. The standard InChI is InChI=1S/C21H22N2OS/c1-15(17-11-7-9-16-8-3-4-10-18(16)17)22-14-21(24)23-19-12-5-6-13-20(19)25-2/h3-13,15,22H,14H2,1-2H3,(H,23,24)/p+1/t15-/m1/s1. The molecule has 3 aromatic rings. The largest absolute Gasteiger partial charge is 0.332 e. The Morgan fingerprint density at radius 3 is 2.60 bits per heavy atom. The van der Waals surface area contributed by atoms with Gasteiger partial charge in [-0.1, -0.05) is 54.6 Å². The number of benzene rings is 3. The molecule has 0 aliphatic heterocycles. The number of para-hydroxylation sites is 1. The number of fused-ring (bicyclic) bond motifs is 1. The summed E-state index contributed by atoms with van der Waals surface area (Å²) in [6.07, 6.45) is 2.01. The van der Waals surface area contributed by atoms with Crippen molar-refractivity contribution >= 4 is 34.1 Å². The Hall–Kier alpha value is -2.30. The summed E-state index contributed by atoms with van der Waals surface area (Å²) in [5.41, 5.74) is 2.14. The highest BCUT2D eigenvalue weighted by Crippen LogP contribution is 2.24. The SMILES string of the molecule is CSc1ccccc1NC(=O)C[NH2+][C@H](C)c1cccc2ccccc12. The molecular formula is C21H23N2OS+. The van der Waals surface area contributed by atoms with E-state index in [2.05, 4.69) is 60.0 Å². The molecule has 1 atom stereocenters. The minimum Gasteiger partial charge on any atom is -0.332 e. The Bertz CT molecular complexity index is 873. The summed E-state index contributed by atoms with van der Waals surface area (Å²) in [5, 5.41) is 7.58. The topological polar surface area (TPSA) is 45.7 Å². The Balaban J connectivity index is 1.65. The molecule has 4 heteroatoms. The van der Waals surface area contributed by atoms with E-state index in [-0.39, 0.29) is 11.9 Å². The van der Waals surface area contributed by atoms with E-state index in [1.165, 1.54) is 16.3 Å². The van der Waals surface area contributed by atoms with Gasteiger partial charge in [-0.05, 0) is 36.1 Å². The number of thioether (sulfide) groups is 1. The Morgan fingerprint density at radius 2 is 1.76 bits per heavy atom. The molecule has 0 fully saturated rings. The second-order valence-corrected chi connectivity index (χ2v) is 6.89. The number of nitrogens with one attached hydrogen (secondary N) is 1. The fraction of sp³-hybridized carbons (Fsp3) is 0.190. The fourth-order valence-corrected chi connectivity index (χ4v) is 3.56. The van der Waals surface area contributed by atoms with Gasteiger partial charge in [0.2, 0.25) is 0 Å². The van der Waals surface area contributed by atoms with E-state index < -0.39 is 0 Å². The molecule has 0 heterocycles. The number of rotatable bonds is 6. The van der Waals surface area contributed by atoms with Crippen LogP contribution in [0.3, 0.4) is 0 Å². The average molecular weight is 351 g/mol. The van der Waals surface area contributed by atoms with E-state index in [1.807, 2.05) is 30.5 Å². The number of anilines is 1. The van der Waals surface area contributed by atoms with Crippen molar-refractivity contribution in [2.45, 2.75) is 17.9 Å². The smallest absolute Gasteiger partial charge is 0.279 e. The molecule has 0 spiro atoms. The normalized spacial score (nSPS) is 12.1. The number of carbonyl (C=O) groups excluding carboxylic acids is 1. The van der Waals surface area contributed by atoms with Gasteiger partial charge in [-0.25, -0.2) is 0 Å². The van der Waals surface area contributed by atoms with Crippen molar-refractivity contribution in [3.63, 3.8) is 0 Å². The van der Waals surface area contributed by atoms with E-state index in [0.717, 1.165) is 10.6 Å². The third kappa shape index (κ3) is 4.21. The number of hydrogen-bond acceptors (Lipinski definition) is 2. The lowest BCUT2D eigenvalue weighted by Crippen LogP contribution is -2.86. The second-order valence-electron chi connectivity index (χ2n) is 6.05. The van der Waals surface area contributed by atoms with Crippen LogP contribution in [0.2, 0.25) is 0 Å². The summed E-state index contributed by atoms with van der Waals surface area (Å²) in [6, 6.07) is 22.8. The summed E-state index contributed by atoms with van der Waals surface area (Å²) in [6.45, 7) is 2.54. The van der Waals surface area contributed by atoms with E-state index in [9.17, 15) is 4.79 Å². The van der Waals surface area contributed by atoms with E-state index in [4.69, 9.17) is 0 Å². The molecule has 128 valence electrons. The third-order valence-corrected chi connectivity index (χ3v) is 5.15. The number of hydrogen-bond donors (Lipinski definition) is 2. The third-order valence-electron chi connectivity index (χ3n) is 4.35. The van der Waals surface area contributed by atoms with Crippen molar-refractivity contribution in [2.75, 3.05) is 18.1 Å². The van der Waals surface area contributed by atoms with Crippen LogP contribution in [-0.4, -0.2) is 18.7 Å². The molecule has 0 aliphatic rings. The zero-order valence-electron chi connectivity index (χ0n) is 14.5. The molecule has 0 saturated carbocycles. The molecule has 3 N–H and O–H groups in total. The van der Waals surface area contributed by atoms with Crippen LogP contribution in [0.15, 0.2) is 71.6 Å². The van der Waals surface area contributed by atoms with E-state index in [0.29, 0.717) is 6.54 Å². The van der Waals surface area contributed by atoms with E-state index in [1.54, 1.807) is 11.8 Å². The first-order valence-electron chi connectivity index (χ1n) is 8.43. The van der Waals surface area contributed by atoms with Crippen LogP contribution >= 0.6 is 11.8 Å². The van der Waals surface area contributed by atoms with Gasteiger partial charge in [0.25, 0.3) is 5.91 Å². The molecule has 0 saturated heterocycles. The maximum atomic E-state index is 12.3. The molecule has 3 aromatic carbocycles. The number of quaternary nitrogens is 1. The van der Waals surface area contributed by atoms with Crippen molar-refractivity contribution in [3.8, 4) is 0 Å². The van der Waals surface area contributed by atoms with Gasteiger partial charge >= 0.3 is 0 Å². The van der Waals surface area contributed by atoms with Crippen molar-refractivity contribution in [1.82, 2.24) is 0 Å². The van der Waals surface area contributed by atoms with Crippen molar-refractivity contribution in [2.24, 2.45) is 0 Å². The van der Waals surface area contributed by atoms with Crippen molar-refractivity contribution < 1.29 is 10.1 Å². The summed E-state index contributed by atoms with van der Waals surface area (Å²) in [4.78, 5) is 13.4. The molecule has 0 radical (unpaired) electrons. The molecule has 0 bridgehead atoms. The van der Waals surface area contributed by atoms with Crippen LogP contribution in [0.4, 0.5) is 5.69 Å². The Morgan fingerprint density at radius 1 is 1.04 bits per heavy atom. The molecule has 0 aliphatic carbocycles. The quantitative estimate of drug-likeness (QED) is 0.663. The van der Waals surface area contributed by atoms with Gasteiger partial charge in [-0.2, -0.15) is 0 Å². The van der Waals surface area contributed by atoms with Gasteiger partial charge in [-0.15, -0.1) is 11.8 Å². The lowest BCUT2D eigenvalue weighted by molar-refractivity contribution is -0.682. The van der Waals surface area contributed by atoms with Crippen molar-refractivity contribution in [1.29, 1.82) is 0 Å². The molecule has 0 unspecified atom stereocenters. The predicted molar refractivity (Wildman–Crippen MR) is 106 cm³/mol. The highest BCUT2D eigenvalue weighted by Gasteiger charge is 2.14. The van der Waals surface area contributed by atoms with Gasteiger partial charge in [0.05, 0.1) is 5.69 Å². The summed E-state index contributed by atoms with van der Waals surface area (Å²) >= 11 is 1.64. The summed E-state index contributed by atoms with van der Waals surface area (Å²) < 4.78 is 0. The first-order chi connectivity index (χ1) is 12.2. The minimum absolute atomic E-state index is 0.0218. The van der Waals surface area contributed by atoms with Crippen LogP contribution in [0.25, 0.3) is 10.8 Å². The first kappa shape index (κ1) is 17.5. The van der Waals surface area contributed by atoms with Gasteiger partial charge < -0.3 is 10.6 Å². The van der Waals surface area contributed by atoms with Gasteiger partial charge in [-0.3, -0.25) is 4.79 Å². The van der Waals surface area contributed by atoms with E-state index >= 15 is 0 Å². The number of amides is 1. The van der Waals surface area contributed by atoms with Crippen LogP contribution < -0.4 is 10.6 Å². The summed E-state index contributed by atoms with van der Waals surface area (Å²) in [5.74, 6) is 0.0218. The second kappa shape index (κ2) is 8.19. The minimum atomic E-state index is 0.0218. The Labute approximate surface area is 152 Å². The van der Waals surface area contributed by atoms with Crippen LogP contribution in [0.5, 0.6) is 0 Å². The zero-order chi connectivity index (χ0) is 17.6.